The van der Waals surface area contributed by atoms with Crippen molar-refractivity contribution in [1.29, 1.82) is 0 Å². The molecular formula is C15H19N3O2S. The van der Waals surface area contributed by atoms with E-state index < -0.39 is 0 Å². The van der Waals surface area contributed by atoms with E-state index >= 15 is 0 Å². The second kappa shape index (κ2) is 5.97. The highest BCUT2D eigenvalue weighted by Crippen LogP contribution is 2.32. The summed E-state index contributed by atoms with van der Waals surface area (Å²) in [5.41, 5.74) is 0. The number of amides is 1. The second-order valence-electron chi connectivity index (χ2n) is 5.65. The maximum atomic E-state index is 12.5. The molecule has 1 aliphatic heterocycles. The van der Waals surface area contributed by atoms with Crippen molar-refractivity contribution < 1.29 is 9.32 Å². The fourth-order valence-corrected chi connectivity index (χ4v) is 3.30. The van der Waals surface area contributed by atoms with Crippen LogP contribution in [0, 0.1) is 0 Å². The molecule has 0 radical (unpaired) electrons. The Bertz CT molecular complexity index is 606. The van der Waals surface area contributed by atoms with Crippen LogP contribution in [-0.4, -0.2) is 27.5 Å². The summed E-state index contributed by atoms with van der Waals surface area (Å²) >= 11 is 1.62. The van der Waals surface area contributed by atoms with Crippen LogP contribution in [0.15, 0.2) is 22.0 Å². The van der Waals surface area contributed by atoms with Crippen LogP contribution in [0.25, 0.3) is 0 Å². The smallest absolute Gasteiger partial charge is 0.249 e. The van der Waals surface area contributed by atoms with Gasteiger partial charge in [-0.05, 0) is 24.3 Å². The molecule has 0 saturated carbocycles. The Morgan fingerprint density at radius 2 is 2.43 bits per heavy atom. The first-order chi connectivity index (χ1) is 10.1. The summed E-state index contributed by atoms with van der Waals surface area (Å²) in [4.78, 5) is 19.9. The summed E-state index contributed by atoms with van der Waals surface area (Å²) in [6.45, 7) is 4.83. The average Bonchev–Trinajstić information content (AvgIpc) is 3.19. The molecule has 0 aromatic carbocycles. The monoisotopic (exact) mass is 305 g/mol. The van der Waals surface area contributed by atoms with E-state index in [1.54, 1.807) is 11.3 Å². The number of hydrogen-bond acceptors (Lipinski definition) is 5. The van der Waals surface area contributed by atoms with Crippen LogP contribution >= 0.6 is 11.3 Å². The third-order valence-corrected chi connectivity index (χ3v) is 4.61. The Morgan fingerprint density at radius 3 is 3.10 bits per heavy atom. The van der Waals surface area contributed by atoms with Crippen molar-refractivity contribution in [2.24, 2.45) is 0 Å². The van der Waals surface area contributed by atoms with E-state index in [9.17, 15) is 4.79 Å². The molecule has 0 N–H and O–H groups in total. The summed E-state index contributed by atoms with van der Waals surface area (Å²) < 4.78 is 5.37. The molecule has 1 amide bonds. The summed E-state index contributed by atoms with van der Waals surface area (Å²) in [5, 5.41) is 6.00. The lowest BCUT2D eigenvalue weighted by Crippen LogP contribution is -2.31. The van der Waals surface area contributed by atoms with Crippen LogP contribution in [0.1, 0.15) is 55.2 Å². The fourth-order valence-electron chi connectivity index (χ4n) is 2.60. The summed E-state index contributed by atoms with van der Waals surface area (Å²) in [5.74, 6) is 1.67. The SMILES string of the molecule is CC(C)c1noc(C2CCCN2C(=O)Cc2cccs2)n1. The number of carbonyl (C=O) groups is 1. The van der Waals surface area contributed by atoms with Gasteiger partial charge in [0.15, 0.2) is 5.82 Å². The van der Waals surface area contributed by atoms with E-state index in [2.05, 4.69) is 10.1 Å². The Balaban J connectivity index is 1.73. The van der Waals surface area contributed by atoms with Crippen LogP contribution < -0.4 is 0 Å². The van der Waals surface area contributed by atoms with Gasteiger partial charge in [-0.3, -0.25) is 4.79 Å². The molecule has 1 aliphatic rings. The maximum absolute atomic E-state index is 12.5. The van der Waals surface area contributed by atoms with Gasteiger partial charge in [0.2, 0.25) is 11.8 Å². The molecule has 21 heavy (non-hydrogen) atoms. The van der Waals surface area contributed by atoms with Crippen molar-refractivity contribution in [3.05, 3.63) is 34.1 Å². The minimum absolute atomic E-state index is 0.0579. The van der Waals surface area contributed by atoms with Gasteiger partial charge in [-0.25, -0.2) is 0 Å². The van der Waals surface area contributed by atoms with Crippen molar-refractivity contribution in [3.63, 3.8) is 0 Å². The van der Waals surface area contributed by atoms with Gasteiger partial charge in [-0.2, -0.15) is 4.98 Å². The van der Waals surface area contributed by atoms with Crippen molar-refractivity contribution >= 4 is 17.2 Å². The molecule has 112 valence electrons. The normalized spacial score (nSPS) is 18.6. The molecule has 1 saturated heterocycles. The molecule has 1 unspecified atom stereocenters. The molecule has 0 bridgehead atoms. The van der Waals surface area contributed by atoms with Gasteiger partial charge < -0.3 is 9.42 Å². The molecule has 2 aromatic rings. The molecule has 2 aromatic heterocycles. The molecule has 1 atom stereocenters. The van der Waals surface area contributed by atoms with Crippen molar-refractivity contribution in [2.45, 2.75) is 45.1 Å². The van der Waals surface area contributed by atoms with Gasteiger partial charge >= 0.3 is 0 Å². The van der Waals surface area contributed by atoms with Crippen LogP contribution in [0.4, 0.5) is 0 Å². The predicted molar refractivity (Wildman–Crippen MR) is 80.1 cm³/mol. The lowest BCUT2D eigenvalue weighted by Gasteiger charge is -2.21. The third-order valence-electron chi connectivity index (χ3n) is 3.74. The van der Waals surface area contributed by atoms with Gasteiger partial charge in [0, 0.05) is 17.3 Å². The first kappa shape index (κ1) is 14.3. The van der Waals surface area contributed by atoms with E-state index in [0.717, 1.165) is 24.3 Å². The van der Waals surface area contributed by atoms with Crippen LogP contribution in [0.3, 0.4) is 0 Å². The van der Waals surface area contributed by atoms with Gasteiger partial charge in [-0.1, -0.05) is 25.1 Å². The zero-order valence-corrected chi connectivity index (χ0v) is 13.1. The minimum atomic E-state index is -0.0579. The first-order valence-corrected chi connectivity index (χ1v) is 8.18. The van der Waals surface area contributed by atoms with Crippen molar-refractivity contribution in [2.75, 3.05) is 6.54 Å². The highest BCUT2D eigenvalue weighted by Gasteiger charge is 2.34. The van der Waals surface area contributed by atoms with E-state index in [0.29, 0.717) is 18.1 Å². The maximum Gasteiger partial charge on any atom is 0.249 e. The number of carbonyl (C=O) groups excluding carboxylic acids is 1. The standard InChI is InChI=1S/C15H19N3O2S/c1-10(2)14-16-15(20-17-14)12-6-3-7-18(12)13(19)9-11-5-4-8-21-11/h4-5,8,10,12H,3,6-7,9H2,1-2H3. The Hall–Kier alpha value is -1.69. The second-order valence-corrected chi connectivity index (χ2v) is 6.68. The zero-order valence-electron chi connectivity index (χ0n) is 12.3. The van der Waals surface area contributed by atoms with Crippen molar-refractivity contribution in [3.8, 4) is 0 Å². The van der Waals surface area contributed by atoms with Gasteiger partial charge in [0.25, 0.3) is 0 Å². The lowest BCUT2D eigenvalue weighted by molar-refractivity contribution is -0.131. The molecule has 1 fully saturated rings. The number of hydrogen-bond donors (Lipinski definition) is 0. The number of thiophene rings is 1. The summed E-state index contributed by atoms with van der Waals surface area (Å²) in [6, 6.07) is 3.91. The van der Waals surface area contributed by atoms with Crippen LogP contribution in [-0.2, 0) is 11.2 Å². The number of rotatable bonds is 4. The molecule has 0 spiro atoms. The molecule has 3 rings (SSSR count). The van der Waals surface area contributed by atoms with Crippen LogP contribution in [0.2, 0.25) is 0 Å². The minimum Gasteiger partial charge on any atom is -0.337 e. The fraction of sp³-hybridized carbons (Fsp3) is 0.533. The van der Waals surface area contributed by atoms with Gasteiger partial charge in [0.05, 0.1) is 6.42 Å². The molecular weight excluding hydrogens is 286 g/mol. The Kier molecular flexibility index (Phi) is 4.05. The largest absolute Gasteiger partial charge is 0.337 e. The molecule has 0 aliphatic carbocycles. The Labute approximate surface area is 128 Å². The summed E-state index contributed by atoms with van der Waals surface area (Å²) in [7, 11) is 0. The molecule has 6 heteroatoms. The molecule has 5 nitrogen and oxygen atoms in total. The lowest BCUT2D eigenvalue weighted by atomic mass is 10.2. The Morgan fingerprint density at radius 1 is 1.57 bits per heavy atom. The van der Waals surface area contributed by atoms with Crippen LogP contribution in [0.5, 0.6) is 0 Å². The summed E-state index contributed by atoms with van der Waals surface area (Å²) in [6.07, 6.45) is 2.34. The number of aromatic nitrogens is 2. The molecule has 3 heterocycles. The van der Waals surface area contributed by atoms with E-state index in [-0.39, 0.29) is 17.9 Å². The topological polar surface area (TPSA) is 59.2 Å². The van der Waals surface area contributed by atoms with Gasteiger partial charge in [0.1, 0.15) is 6.04 Å². The van der Waals surface area contributed by atoms with E-state index in [1.807, 2.05) is 36.3 Å². The first-order valence-electron chi connectivity index (χ1n) is 7.30. The number of likely N-dealkylation sites (tertiary alicyclic amines) is 1. The zero-order chi connectivity index (χ0) is 14.8. The third kappa shape index (κ3) is 3.00. The van der Waals surface area contributed by atoms with Crippen molar-refractivity contribution in [1.82, 2.24) is 15.0 Å². The van der Waals surface area contributed by atoms with Gasteiger partial charge in [-0.15, -0.1) is 11.3 Å². The highest BCUT2D eigenvalue weighted by atomic mass is 32.1. The van der Waals surface area contributed by atoms with E-state index in [1.165, 1.54) is 0 Å². The average molecular weight is 305 g/mol. The predicted octanol–water partition coefficient (Wildman–Crippen LogP) is 3.16. The highest BCUT2D eigenvalue weighted by molar-refractivity contribution is 7.10. The quantitative estimate of drug-likeness (QED) is 0.870. The number of nitrogens with zero attached hydrogens (tertiary/aromatic N) is 3. The van der Waals surface area contributed by atoms with E-state index in [4.69, 9.17) is 4.52 Å².